The maximum Gasteiger partial charge on any atom is 0.417 e. The van der Waals surface area contributed by atoms with Crippen LogP contribution in [0, 0.1) is 6.92 Å². The minimum atomic E-state index is -4.65. The molecule has 1 aliphatic carbocycles. The first-order valence-corrected chi connectivity index (χ1v) is 8.12. The normalized spacial score (nSPS) is 14.5. The van der Waals surface area contributed by atoms with Crippen molar-refractivity contribution in [2.45, 2.75) is 31.9 Å². The summed E-state index contributed by atoms with van der Waals surface area (Å²) in [6, 6.07) is 2.17. The van der Waals surface area contributed by atoms with Crippen molar-refractivity contribution in [1.29, 1.82) is 0 Å². The molecule has 0 bridgehead atoms. The highest BCUT2D eigenvalue weighted by Crippen LogP contribution is 2.40. The van der Waals surface area contributed by atoms with Gasteiger partial charge in [0.2, 0.25) is 0 Å². The number of alkyl halides is 3. The highest BCUT2D eigenvalue weighted by molar-refractivity contribution is 6.12. The number of H-pyrrole nitrogens is 1. The van der Waals surface area contributed by atoms with E-state index in [1.54, 1.807) is 13.0 Å². The third-order valence-corrected chi connectivity index (χ3v) is 4.36. The predicted octanol–water partition coefficient (Wildman–Crippen LogP) is 3.37. The molecule has 2 N–H and O–H groups in total. The first kappa shape index (κ1) is 17.3. The van der Waals surface area contributed by atoms with E-state index in [0.717, 1.165) is 12.8 Å². The van der Waals surface area contributed by atoms with E-state index >= 15 is 0 Å². The minimum Gasteiger partial charge on any atom is -0.336 e. The van der Waals surface area contributed by atoms with Crippen molar-refractivity contribution >= 4 is 22.7 Å². The van der Waals surface area contributed by atoms with Gasteiger partial charge in [-0.2, -0.15) is 13.2 Å². The van der Waals surface area contributed by atoms with Gasteiger partial charge < -0.3 is 14.8 Å². The zero-order chi connectivity index (χ0) is 19.3. The monoisotopic (exact) mass is 378 g/mol. The molecule has 1 fully saturated rings. The molecule has 7 nitrogen and oxygen atoms in total. The van der Waals surface area contributed by atoms with Gasteiger partial charge in [-0.15, -0.1) is 0 Å². The Morgan fingerprint density at radius 3 is 2.74 bits per heavy atom. The standard InChI is InChI=1S/C17H13F3N4O3/c1-7-13-10(5-11(8-2-3-8)23-16(13)27-24-7)14(25)22-12-4-9(17(18,19)20)6-21-15(12)26/h4-6,8H,2-3H2,1H3,(H,21,26)(H,22,25). The van der Waals surface area contributed by atoms with Crippen molar-refractivity contribution in [3.63, 3.8) is 0 Å². The first-order valence-electron chi connectivity index (χ1n) is 8.12. The molecule has 10 heteroatoms. The van der Waals surface area contributed by atoms with Gasteiger partial charge in [0.1, 0.15) is 5.69 Å². The van der Waals surface area contributed by atoms with Crippen LogP contribution >= 0.6 is 0 Å². The van der Waals surface area contributed by atoms with Crippen LogP contribution in [0.5, 0.6) is 0 Å². The molecular formula is C17H13F3N4O3. The highest BCUT2D eigenvalue weighted by atomic mass is 19.4. The largest absolute Gasteiger partial charge is 0.417 e. The van der Waals surface area contributed by atoms with Crippen molar-refractivity contribution in [2.24, 2.45) is 0 Å². The maximum absolute atomic E-state index is 12.9. The summed E-state index contributed by atoms with van der Waals surface area (Å²) in [6.45, 7) is 1.62. The summed E-state index contributed by atoms with van der Waals surface area (Å²) in [5.74, 6) is -0.524. The summed E-state index contributed by atoms with van der Waals surface area (Å²) in [5.41, 5.74) is -1.01. The van der Waals surface area contributed by atoms with Crippen LogP contribution in [0.25, 0.3) is 11.1 Å². The van der Waals surface area contributed by atoms with Crippen LogP contribution in [0.2, 0.25) is 0 Å². The number of halogens is 3. The van der Waals surface area contributed by atoms with E-state index in [9.17, 15) is 22.8 Å². The molecule has 1 saturated carbocycles. The van der Waals surface area contributed by atoms with E-state index in [4.69, 9.17) is 4.52 Å². The van der Waals surface area contributed by atoms with Gasteiger partial charge in [-0.25, -0.2) is 4.98 Å². The molecule has 140 valence electrons. The van der Waals surface area contributed by atoms with Crippen molar-refractivity contribution in [1.82, 2.24) is 15.1 Å². The van der Waals surface area contributed by atoms with Gasteiger partial charge in [-0.1, -0.05) is 5.16 Å². The van der Waals surface area contributed by atoms with E-state index in [-0.39, 0.29) is 17.2 Å². The lowest BCUT2D eigenvalue weighted by molar-refractivity contribution is -0.137. The van der Waals surface area contributed by atoms with Gasteiger partial charge >= 0.3 is 6.18 Å². The number of pyridine rings is 2. The summed E-state index contributed by atoms with van der Waals surface area (Å²) < 4.78 is 43.7. The molecule has 0 radical (unpaired) electrons. The Morgan fingerprint density at radius 1 is 1.33 bits per heavy atom. The van der Waals surface area contributed by atoms with Gasteiger partial charge in [-0.05, 0) is 31.9 Å². The fourth-order valence-electron chi connectivity index (χ4n) is 2.81. The Labute approximate surface area is 149 Å². The Bertz CT molecular complexity index is 1110. The number of aryl methyl sites for hydroxylation is 1. The van der Waals surface area contributed by atoms with Crippen molar-refractivity contribution in [2.75, 3.05) is 5.32 Å². The molecule has 3 aromatic rings. The molecular weight excluding hydrogens is 365 g/mol. The quantitative estimate of drug-likeness (QED) is 0.728. The Balaban J connectivity index is 1.76. The molecule has 0 unspecified atom stereocenters. The van der Waals surface area contributed by atoms with Crippen LogP contribution in [0.4, 0.5) is 18.9 Å². The zero-order valence-electron chi connectivity index (χ0n) is 14.0. The van der Waals surface area contributed by atoms with Crippen molar-refractivity contribution in [3.05, 3.63) is 51.2 Å². The predicted molar refractivity (Wildman–Crippen MR) is 88.5 cm³/mol. The molecule has 27 heavy (non-hydrogen) atoms. The van der Waals surface area contributed by atoms with E-state index in [2.05, 4.69) is 15.5 Å². The molecule has 0 spiro atoms. The van der Waals surface area contributed by atoms with Crippen LogP contribution in [-0.4, -0.2) is 21.0 Å². The number of hydrogen-bond acceptors (Lipinski definition) is 5. The van der Waals surface area contributed by atoms with Gasteiger partial charge in [0, 0.05) is 17.8 Å². The maximum atomic E-state index is 12.9. The van der Waals surface area contributed by atoms with Crippen LogP contribution in [0.1, 0.15) is 46.1 Å². The number of hydrogen-bond donors (Lipinski definition) is 2. The molecule has 4 rings (SSSR count). The molecule has 1 aliphatic rings. The fourth-order valence-corrected chi connectivity index (χ4v) is 2.81. The summed E-state index contributed by atoms with van der Waals surface area (Å²) >= 11 is 0. The number of fused-ring (bicyclic) bond motifs is 1. The summed E-state index contributed by atoms with van der Waals surface area (Å²) in [6.07, 6.45) is -2.24. The second-order valence-electron chi connectivity index (χ2n) is 6.40. The molecule has 0 aromatic carbocycles. The summed E-state index contributed by atoms with van der Waals surface area (Å²) in [4.78, 5) is 30.9. The fraction of sp³-hybridized carbons (Fsp3) is 0.294. The summed E-state index contributed by atoms with van der Waals surface area (Å²) in [7, 11) is 0. The number of amides is 1. The average molecular weight is 378 g/mol. The molecule has 0 saturated heterocycles. The van der Waals surface area contributed by atoms with E-state index < -0.39 is 28.9 Å². The third-order valence-electron chi connectivity index (χ3n) is 4.36. The number of nitrogens with one attached hydrogen (secondary N) is 2. The molecule has 0 aliphatic heterocycles. The topological polar surface area (TPSA) is 101 Å². The number of nitrogens with zero attached hydrogens (tertiary/aromatic N) is 2. The SMILES string of the molecule is Cc1noc2nc(C3CC3)cc(C(=O)Nc3cc(C(F)(F)F)c[nH]c3=O)c12. The van der Waals surface area contributed by atoms with E-state index in [1.807, 2.05) is 4.98 Å². The lowest BCUT2D eigenvalue weighted by Gasteiger charge is -2.10. The third kappa shape index (κ3) is 3.18. The lowest BCUT2D eigenvalue weighted by Crippen LogP contribution is -2.22. The Hall–Kier alpha value is -3.17. The Kier molecular flexibility index (Phi) is 3.79. The first-order chi connectivity index (χ1) is 12.7. The number of carbonyl (C=O) groups excluding carboxylic acids is 1. The van der Waals surface area contributed by atoms with Crippen molar-refractivity contribution in [3.8, 4) is 0 Å². The number of aromatic nitrogens is 3. The van der Waals surface area contributed by atoms with Crippen LogP contribution in [-0.2, 0) is 6.18 Å². The second kappa shape index (κ2) is 5.93. The van der Waals surface area contributed by atoms with Crippen LogP contribution < -0.4 is 10.9 Å². The van der Waals surface area contributed by atoms with E-state index in [1.165, 1.54) is 0 Å². The number of carbonyl (C=O) groups is 1. The molecule has 0 atom stereocenters. The van der Waals surface area contributed by atoms with Gasteiger partial charge in [0.15, 0.2) is 0 Å². The lowest BCUT2D eigenvalue weighted by atomic mass is 10.1. The molecule has 1 amide bonds. The zero-order valence-corrected chi connectivity index (χ0v) is 14.0. The number of aromatic amines is 1. The Morgan fingerprint density at radius 2 is 2.07 bits per heavy atom. The van der Waals surface area contributed by atoms with Gasteiger partial charge in [0.25, 0.3) is 17.2 Å². The minimum absolute atomic E-state index is 0.150. The van der Waals surface area contributed by atoms with Crippen LogP contribution in [0.3, 0.4) is 0 Å². The second-order valence-corrected chi connectivity index (χ2v) is 6.40. The number of rotatable bonds is 3. The molecule has 3 heterocycles. The summed E-state index contributed by atoms with van der Waals surface area (Å²) in [5, 5.41) is 6.41. The van der Waals surface area contributed by atoms with Crippen molar-refractivity contribution < 1.29 is 22.5 Å². The average Bonchev–Trinajstić information content (AvgIpc) is 3.39. The van der Waals surface area contributed by atoms with Gasteiger partial charge in [0.05, 0.1) is 22.2 Å². The number of anilines is 1. The molecule has 3 aromatic heterocycles. The smallest absolute Gasteiger partial charge is 0.336 e. The van der Waals surface area contributed by atoms with Crippen LogP contribution in [0.15, 0.2) is 27.6 Å². The van der Waals surface area contributed by atoms with E-state index in [0.29, 0.717) is 29.0 Å². The highest BCUT2D eigenvalue weighted by Gasteiger charge is 2.32. The van der Waals surface area contributed by atoms with Gasteiger partial charge in [-0.3, -0.25) is 9.59 Å².